The third kappa shape index (κ3) is 1.38. The molecule has 4 heteroatoms. The van der Waals surface area contributed by atoms with E-state index in [0.29, 0.717) is 0 Å². The van der Waals surface area contributed by atoms with E-state index in [-0.39, 0.29) is 10.9 Å². The van der Waals surface area contributed by atoms with Crippen molar-refractivity contribution in [3.8, 4) is 0 Å². The summed E-state index contributed by atoms with van der Waals surface area (Å²) >= 11 is 0. The Hall–Kier alpha value is -0.560. The Labute approximate surface area is 64.6 Å². The number of rotatable bonds is 0. The Morgan fingerprint density at radius 3 is 2.27 bits per heavy atom. The van der Waals surface area contributed by atoms with Gasteiger partial charge in [-0.25, -0.2) is 13.2 Å². The number of hydrogen-bond donors (Lipinski definition) is 0. The van der Waals surface area contributed by atoms with E-state index in [4.69, 9.17) is 0 Å². The average molecular weight is 178 g/mol. The zero-order valence-electron chi connectivity index (χ0n) is 5.79. The Kier molecular flexibility index (Phi) is 2.19. The molecule has 0 fully saturated rings. The summed E-state index contributed by atoms with van der Waals surface area (Å²) in [4.78, 5) is 0. The van der Waals surface area contributed by atoms with Crippen molar-refractivity contribution in [2.75, 3.05) is 0 Å². The van der Waals surface area contributed by atoms with Gasteiger partial charge < -0.3 is 0 Å². The lowest BCUT2D eigenvalue weighted by Crippen LogP contribution is -2.09. The van der Waals surface area contributed by atoms with E-state index >= 15 is 0 Å². The number of benzene rings is 1. The highest BCUT2D eigenvalue weighted by atomic mass is 31.0. The Balaban J connectivity index is 3.46. The van der Waals surface area contributed by atoms with Crippen LogP contribution in [0.3, 0.4) is 0 Å². The lowest BCUT2D eigenvalue weighted by atomic mass is 10.2. The van der Waals surface area contributed by atoms with Crippen molar-refractivity contribution in [3.63, 3.8) is 0 Å². The maximum absolute atomic E-state index is 12.7. The van der Waals surface area contributed by atoms with Crippen LogP contribution < -0.4 is 5.30 Å². The number of halogens is 3. The van der Waals surface area contributed by atoms with Crippen molar-refractivity contribution >= 4 is 14.5 Å². The highest BCUT2D eigenvalue weighted by molar-refractivity contribution is 7.27. The van der Waals surface area contributed by atoms with Gasteiger partial charge in [-0.3, -0.25) is 0 Å². The fourth-order valence-corrected chi connectivity index (χ4v) is 1.12. The molecule has 1 atom stereocenters. The van der Waals surface area contributed by atoms with Crippen molar-refractivity contribution in [1.29, 1.82) is 0 Å². The van der Waals surface area contributed by atoms with Crippen LogP contribution in [0.1, 0.15) is 5.56 Å². The van der Waals surface area contributed by atoms with Crippen molar-refractivity contribution in [1.82, 2.24) is 0 Å². The standard InChI is InChI=1S/C7H6F3P/c1-3-2-4(8)6(10)7(11)5(3)9/h2H,11H2,1H3. The second-order valence-corrected chi connectivity index (χ2v) is 2.79. The fourth-order valence-electron chi connectivity index (χ4n) is 0.754. The minimum atomic E-state index is -1.14. The summed E-state index contributed by atoms with van der Waals surface area (Å²) in [5.41, 5.74) is 0.105. The molecule has 0 spiro atoms. The molecule has 1 rings (SSSR count). The van der Waals surface area contributed by atoms with Crippen molar-refractivity contribution < 1.29 is 13.2 Å². The van der Waals surface area contributed by atoms with E-state index in [0.717, 1.165) is 6.07 Å². The molecule has 0 amide bonds. The van der Waals surface area contributed by atoms with Crippen LogP contribution in [-0.4, -0.2) is 0 Å². The predicted molar refractivity (Wildman–Crippen MR) is 40.4 cm³/mol. The van der Waals surface area contributed by atoms with Gasteiger partial charge in [0.1, 0.15) is 5.82 Å². The second-order valence-electron chi connectivity index (χ2n) is 2.22. The maximum atomic E-state index is 12.7. The zero-order chi connectivity index (χ0) is 8.59. The van der Waals surface area contributed by atoms with Crippen LogP contribution in [0.5, 0.6) is 0 Å². The molecule has 0 saturated heterocycles. The van der Waals surface area contributed by atoms with Gasteiger partial charge >= 0.3 is 0 Å². The van der Waals surface area contributed by atoms with E-state index in [1.165, 1.54) is 6.92 Å². The van der Waals surface area contributed by atoms with Crippen LogP contribution in [0.15, 0.2) is 6.07 Å². The molecule has 1 aromatic rings. The van der Waals surface area contributed by atoms with Crippen molar-refractivity contribution in [3.05, 3.63) is 29.1 Å². The molecule has 0 aliphatic heterocycles. The van der Waals surface area contributed by atoms with Gasteiger partial charge in [-0.2, -0.15) is 0 Å². The highest BCUT2D eigenvalue weighted by Gasteiger charge is 2.12. The number of hydrogen-bond acceptors (Lipinski definition) is 0. The van der Waals surface area contributed by atoms with E-state index in [1.807, 2.05) is 9.24 Å². The first-order chi connectivity index (χ1) is 5.04. The van der Waals surface area contributed by atoms with Gasteiger partial charge in [0, 0.05) is 5.30 Å². The minimum Gasteiger partial charge on any atom is -0.206 e. The first-order valence-electron chi connectivity index (χ1n) is 2.93. The van der Waals surface area contributed by atoms with Crippen LogP contribution in [0, 0.1) is 24.4 Å². The highest BCUT2D eigenvalue weighted by Crippen LogP contribution is 2.12. The predicted octanol–water partition coefficient (Wildman–Crippen LogP) is 1.91. The van der Waals surface area contributed by atoms with Gasteiger partial charge in [0.05, 0.1) is 0 Å². The topological polar surface area (TPSA) is 0 Å². The first kappa shape index (κ1) is 8.54. The molecule has 0 aliphatic carbocycles. The van der Waals surface area contributed by atoms with Gasteiger partial charge in [-0.05, 0) is 18.6 Å². The summed E-state index contributed by atoms with van der Waals surface area (Å²) in [6, 6.07) is 0.832. The van der Waals surface area contributed by atoms with E-state index < -0.39 is 17.5 Å². The number of aryl methyl sites for hydroxylation is 1. The van der Waals surface area contributed by atoms with Crippen LogP contribution in [-0.2, 0) is 0 Å². The molecular weight excluding hydrogens is 172 g/mol. The third-order valence-electron chi connectivity index (χ3n) is 1.37. The summed E-state index contributed by atoms with van der Waals surface area (Å²) in [5.74, 6) is -2.87. The molecule has 0 heterocycles. The zero-order valence-corrected chi connectivity index (χ0v) is 6.94. The molecule has 1 unspecified atom stereocenters. The van der Waals surface area contributed by atoms with Gasteiger partial charge in [-0.15, -0.1) is 0 Å². The molecule has 0 aliphatic rings. The monoisotopic (exact) mass is 178 g/mol. The molecule has 0 aromatic heterocycles. The van der Waals surface area contributed by atoms with Gasteiger partial charge in [0.15, 0.2) is 11.6 Å². The van der Waals surface area contributed by atoms with Crippen molar-refractivity contribution in [2.45, 2.75) is 6.92 Å². The second kappa shape index (κ2) is 2.82. The molecule has 0 N–H and O–H groups in total. The lowest BCUT2D eigenvalue weighted by Gasteiger charge is -2.01. The Bertz CT molecular complexity index is 270. The molecular formula is C7H6F3P. The van der Waals surface area contributed by atoms with Crippen molar-refractivity contribution in [2.24, 2.45) is 0 Å². The molecule has 60 valence electrons. The molecule has 11 heavy (non-hydrogen) atoms. The molecule has 1 aromatic carbocycles. The van der Waals surface area contributed by atoms with E-state index in [9.17, 15) is 13.2 Å². The molecule has 0 bridgehead atoms. The van der Waals surface area contributed by atoms with Gasteiger partial charge in [-0.1, -0.05) is 9.24 Å². The van der Waals surface area contributed by atoms with E-state index in [2.05, 4.69) is 0 Å². The lowest BCUT2D eigenvalue weighted by molar-refractivity contribution is 0.501. The fraction of sp³-hybridized carbons (Fsp3) is 0.143. The third-order valence-corrected chi connectivity index (χ3v) is 1.88. The average Bonchev–Trinajstić information content (AvgIpc) is 1.97. The summed E-state index contributed by atoms with van der Waals surface area (Å²) in [7, 11) is 1.82. The van der Waals surface area contributed by atoms with Crippen LogP contribution in [0.2, 0.25) is 0 Å². The quantitative estimate of drug-likeness (QED) is 0.420. The smallest absolute Gasteiger partial charge is 0.168 e. The van der Waals surface area contributed by atoms with Crippen LogP contribution in [0.4, 0.5) is 13.2 Å². The molecule has 0 saturated carbocycles. The Morgan fingerprint density at radius 2 is 1.73 bits per heavy atom. The normalized spacial score (nSPS) is 10.3. The van der Waals surface area contributed by atoms with E-state index in [1.54, 1.807) is 0 Å². The largest absolute Gasteiger partial charge is 0.206 e. The SMILES string of the molecule is Cc1cc(F)c(F)c(P)c1F. The maximum Gasteiger partial charge on any atom is 0.168 e. The summed E-state index contributed by atoms with van der Waals surface area (Å²) < 4.78 is 37.7. The summed E-state index contributed by atoms with van der Waals surface area (Å²) in [6.07, 6.45) is 0. The summed E-state index contributed by atoms with van der Waals surface area (Å²) in [5, 5.41) is -0.345. The molecule has 0 radical (unpaired) electrons. The van der Waals surface area contributed by atoms with Crippen LogP contribution in [0.25, 0.3) is 0 Å². The Morgan fingerprint density at radius 1 is 1.18 bits per heavy atom. The molecule has 0 nitrogen and oxygen atoms in total. The minimum absolute atomic E-state index is 0.105. The van der Waals surface area contributed by atoms with Crippen LogP contribution >= 0.6 is 9.24 Å². The first-order valence-corrected chi connectivity index (χ1v) is 3.51. The van der Waals surface area contributed by atoms with Gasteiger partial charge in [0.2, 0.25) is 0 Å². The summed E-state index contributed by atoms with van der Waals surface area (Å²) in [6.45, 7) is 1.38. The van der Waals surface area contributed by atoms with Gasteiger partial charge in [0.25, 0.3) is 0 Å².